The quantitative estimate of drug-likeness (QED) is 0.722. The number of hydrogen-bond donors (Lipinski definition) is 1. The van der Waals surface area contributed by atoms with Gasteiger partial charge in [-0.2, -0.15) is 5.10 Å². The monoisotopic (exact) mass is 196 g/mol. The predicted octanol–water partition coefficient (Wildman–Crippen LogP) is 0.776. The first-order chi connectivity index (χ1) is 6.52. The maximum Gasteiger partial charge on any atom is 0.303 e. The van der Waals surface area contributed by atoms with E-state index < -0.39 is 5.97 Å². The predicted molar refractivity (Wildman–Crippen MR) is 49.1 cm³/mol. The average molecular weight is 196 g/mol. The van der Waals surface area contributed by atoms with Crippen LogP contribution in [-0.4, -0.2) is 26.6 Å². The van der Waals surface area contributed by atoms with Gasteiger partial charge in [0.05, 0.1) is 12.6 Å². The van der Waals surface area contributed by atoms with E-state index in [1.165, 1.54) is 4.68 Å². The normalized spacial score (nSPS) is 10.1. The third-order valence-electron chi connectivity index (χ3n) is 1.95. The van der Waals surface area contributed by atoms with Crippen LogP contribution in [0.25, 0.3) is 0 Å². The van der Waals surface area contributed by atoms with Crippen molar-refractivity contribution in [2.45, 2.75) is 19.8 Å². The number of Topliss-reactive ketones (excluding diaryl/α,β-unsaturated/α-hetero) is 1. The van der Waals surface area contributed by atoms with Gasteiger partial charge in [0, 0.05) is 13.5 Å². The SMILES string of the molecule is Cc1cnn(C)c1C(=O)CCC(=O)O. The highest BCUT2D eigenvalue weighted by molar-refractivity contribution is 5.97. The molecule has 5 nitrogen and oxygen atoms in total. The first-order valence-corrected chi connectivity index (χ1v) is 4.26. The Bertz CT molecular complexity index is 349. The van der Waals surface area contributed by atoms with Crippen LogP contribution in [-0.2, 0) is 11.8 Å². The molecule has 0 fully saturated rings. The lowest BCUT2D eigenvalue weighted by Crippen LogP contribution is -2.10. The molecule has 0 aliphatic rings. The fourth-order valence-electron chi connectivity index (χ4n) is 1.29. The van der Waals surface area contributed by atoms with E-state index in [0.29, 0.717) is 5.69 Å². The molecule has 0 saturated carbocycles. The molecule has 76 valence electrons. The van der Waals surface area contributed by atoms with Crippen LogP contribution in [0.5, 0.6) is 0 Å². The van der Waals surface area contributed by atoms with Crippen molar-refractivity contribution in [3.63, 3.8) is 0 Å². The third kappa shape index (κ3) is 2.18. The van der Waals surface area contributed by atoms with Crippen molar-refractivity contribution in [1.29, 1.82) is 0 Å². The zero-order chi connectivity index (χ0) is 10.7. The Hall–Kier alpha value is -1.65. The number of ketones is 1. The summed E-state index contributed by atoms with van der Waals surface area (Å²) in [6.07, 6.45) is 1.48. The van der Waals surface area contributed by atoms with Gasteiger partial charge in [-0.3, -0.25) is 14.3 Å². The molecular formula is C9H12N2O3. The highest BCUT2D eigenvalue weighted by Crippen LogP contribution is 2.09. The zero-order valence-electron chi connectivity index (χ0n) is 8.15. The van der Waals surface area contributed by atoms with E-state index in [-0.39, 0.29) is 18.6 Å². The average Bonchev–Trinajstić information content (AvgIpc) is 2.42. The first kappa shape index (κ1) is 10.4. The molecule has 0 radical (unpaired) electrons. The number of carbonyl (C=O) groups excluding carboxylic acids is 1. The molecule has 14 heavy (non-hydrogen) atoms. The molecule has 1 heterocycles. The van der Waals surface area contributed by atoms with Crippen LogP contribution < -0.4 is 0 Å². The van der Waals surface area contributed by atoms with Gasteiger partial charge in [-0.1, -0.05) is 0 Å². The molecule has 0 saturated heterocycles. The lowest BCUT2D eigenvalue weighted by Gasteiger charge is -2.00. The number of rotatable bonds is 4. The second-order valence-corrected chi connectivity index (χ2v) is 3.12. The molecule has 5 heteroatoms. The van der Waals surface area contributed by atoms with Crippen molar-refractivity contribution >= 4 is 11.8 Å². The van der Waals surface area contributed by atoms with Crippen LogP contribution in [0.3, 0.4) is 0 Å². The molecule has 0 aromatic carbocycles. The first-order valence-electron chi connectivity index (χ1n) is 4.26. The summed E-state index contributed by atoms with van der Waals surface area (Å²) in [5.41, 5.74) is 1.27. The van der Waals surface area contributed by atoms with E-state index in [0.717, 1.165) is 5.56 Å². The van der Waals surface area contributed by atoms with Crippen LogP contribution in [0.4, 0.5) is 0 Å². The van der Waals surface area contributed by atoms with Crippen LogP contribution in [0.15, 0.2) is 6.20 Å². The summed E-state index contributed by atoms with van der Waals surface area (Å²) in [4.78, 5) is 21.8. The molecule has 1 aromatic heterocycles. The Balaban J connectivity index is 2.74. The minimum Gasteiger partial charge on any atom is -0.481 e. The molecular weight excluding hydrogens is 184 g/mol. The summed E-state index contributed by atoms with van der Waals surface area (Å²) in [6.45, 7) is 1.78. The van der Waals surface area contributed by atoms with Gasteiger partial charge in [0.2, 0.25) is 0 Å². The molecule has 1 rings (SSSR count). The number of carboxylic acids is 1. The fraction of sp³-hybridized carbons (Fsp3) is 0.444. The van der Waals surface area contributed by atoms with Crippen LogP contribution in [0.2, 0.25) is 0 Å². The molecule has 1 aromatic rings. The smallest absolute Gasteiger partial charge is 0.303 e. The van der Waals surface area contributed by atoms with Crippen molar-refractivity contribution in [3.8, 4) is 0 Å². The van der Waals surface area contributed by atoms with Crippen molar-refractivity contribution in [2.75, 3.05) is 0 Å². The van der Waals surface area contributed by atoms with Gasteiger partial charge < -0.3 is 5.11 Å². The van der Waals surface area contributed by atoms with Gasteiger partial charge in [-0.15, -0.1) is 0 Å². The molecule has 0 aliphatic heterocycles. The maximum absolute atomic E-state index is 11.5. The summed E-state index contributed by atoms with van der Waals surface area (Å²) < 4.78 is 1.47. The number of aromatic nitrogens is 2. The molecule has 0 aliphatic carbocycles. The third-order valence-corrected chi connectivity index (χ3v) is 1.95. The Kier molecular flexibility index (Phi) is 3.01. The summed E-state index contributed by atoms with van der Waals surface area (Å²) in [5, 5.41) is 12.3. The topological polar surface area (TPSA) is 72.2 Å². The van der Waals surface area contributed by atoms with Crippen LogP contribution in [0, 0.1) is 6.92 Å². The Morgan fingerprint density at radius 3 is 2.57 bits per heavy atom. The van der Waals surface area contributed by atoms with E-state index in [1.807, 2.05) is 0 Å². The number of hydrogen-bond acceptors (Lipinski definition) is 3. The van der Waals surface area contributed by atoms with Crippen LogP contribution in [0.1, 0.15) is 28.9 Å². The van der Waals surface area contributed by atoms with E-state index in [9.17, 15) is 9.59 Å². The van der Waals surface area contributed by atoms with E-state index in [1.54, 1.807) is 20.2 Å². The lowest BCUT2D eigenvalue weighted by atomic mass is 10.1. The molecule has 0 atom stereocenters. The lowest BCUT2D eigenvalue weighted by molar-refractivity contribution is -0.136. The highest BCUT2D eigenvalue weighted by atomic mass is 16.4. The van der Waals surface area contributed by atoms with Crippen molar-refractivity contribution < 1.29 is 14.7 Å². The number of nitrogens with zero attached hydrogens (tertiary/aromatic N) is 2. The van der Waals surface area contributed by atoms with Crippen molar-refractivity contribution in [2.24, 2.45) is 7.05 Å². The molecule has 0 unspecified atom stereocenters. The van der Waals surface area contributed by atoms with Crippen LogP contribution >= 0.6 is 0 Å². The zero-order valence-corrected chi connectivity index (χ0v) is 8.15. The number of carboxylic acid groups (broad SMARTS) is 1. The maximum atomic E-state index is 11.5. The molecule has 0 bridgehead atoms. The number of aryl methyl sites for hydroxylation is 2. The van der Waals surface area contributed by atoms with Gasteiger partial charge in [0.25, 0.3) is 0 Å². The van der Waals surface area contributed by atoms with E-state index in [2.05, 4.69) is 5.10 Å². The van der Waals surface area contributed by atoms with Gasteiger partial charge in [-0.05, 0) is 12.5 Å². The second kappa shape index (κ2) is 4.04. The Labute approximate surface area is 81.3 Å². The van der Waals surface area contributed by atoms with Gasteiger partial charge >= 0.3 is 5.97 Å². The number of carbonyl (C=O) groups is 2. The van der Waals surface area contributed by atoms with Crippen molar-refractivity contribution in [1.82, 2.24) is 9.78 Å². The summed E-state index contributed by atoms with van der Waals surface area (Å²) in [5.74, 6) is -1.14. The standard InChI is InChI=1S/C9H12N2O3/c1-6-5-10-11(2)9(6)7(12)3-4-8(13)14/h5H,3-4H2,1-2H3,(H,13,14). The van der Waals surface area contributed by atoms with Gasteiger partial charge in [0.15, 0.2) is 5.78 Å². The summed E-state index contributed by atoms with van der Waals surface area (Å²) >= 11 is 0. The minimum atomic E-state index is -0.960. The summed E-state index contributed by atoms with van der Waals surface area (Å²) in [6, 6.07) is 0. The number of aliphatic carboxylic acids is 1. The largest absolute Gasteiger partial charge is 0.481 e. The molecule has 0 amide bonds. The molecule has 0 spiro atoms. The van der Waals surface area contributed by atoms with E-state index in [4.69, 9.17) is 5.11 Å². The Morgan fingerprint density at radius 2 is 2.14 bits per heavy atom. The van der Waals surface area contributed by atoms with Gasteiger partial charge in [0.1, 0.15) is 5.69 Å². The second-order valence-electron chi connectivity index (χ2n) is 3.12. The highest BCUT2D eigenvalue weighted by Gasteiger charge is 2.14. The summed E-state index contributed by atoms with van der Waals surface area (Å²) in [7, 11) is 1.67. The van der Waals surface area contributed by atoms with Gasteiger partial charge in [-0.25, -0.2) is 0 Å². The fourth-order valence-corrected chi connectivity index (χ4v) is 1.29. The van der Waals surface area contributed by atoms with E-state index >= 15 is 0 Å². The molecule has 1 N–H and O–H groups in total. The minimum absolute atomic E-state index is 0.0235. The van der Waals surface area contributed by atoms with Crippen molar-refractivity contribution in [3.05, 3.63) is 17.5 Å². The Morgan fingerprint density at radius 1 is 1.50 bits per heavy atom.